The van der Waals surface area contributed by atoms with Crippen LogP contribution in [0.5, 0.6) is 0 Å². The molecule has 5 heteroatoms. The second-order valence-electron chi connectivity index (χ2n) is 4.04. The van der Waals surface area contributed by atoms with Crippen molar-refractivity contribution >= 4 is 11.8 Å². The highest BCUT2D eigenvalue weighted by Crippen LogP contribution is 2.32. The number of hydrogen-bond donors (Lipinski definition) is 1. The smallest absolute Gasteiger partial charge is 0.237 e. The van der Waals surface area contributed by atoms with E-state index < -0.39 is 28.9 Å². The Balaban J connectivity index is 2.51. The van der Waals surface area contributed by atoms with E-state index >= 15 is 0 Å². The predicted octanol–water partition coefficient (Wildman–Crippen LogP) is 1.27. The van der Waals surface area contributed by atoms with Crippen molar-refractivity contribution in [2.75, 3.05) is 0 Å². The molecule has 0 radical (unpaired) electrons. The molecule has 2 amide bonds. The topological polar surface area (TPSA) is 46.2 Å². The van der Waals surface area contributed by atoms with E-state index in [0.29, 0.717) is 0 Å². The largest absolute Gasteiger partial charge is 0.296 e. The van der Waals surface area contributed by atoms with E-state index in [2.05, 4.69) is 5.32 Å². The lowest BCUT2D eigenvalue weighted by atomic mass is 9.81. The molecule has 16 heavy (non-hydrogen) atoms. The number of nitrogens with one attached hydrogen (secondary N) is 1. The van der Waals surface area contributed by atoms with Gasteiger partial charge in [-0.15, -0.1) is 0 Å². The van der Waals surface area contributed by atoms with Crippen molar-refractivity contribution < 1.29 is 18.4 Å². The molecule has 0 bridgehead atoms. The third-order valence-corrected chi connectivity index (χ3v) is 2.77. The molecule has 1 heterocycles. The molecule has 1 atom stereocenters. The average molecular weight is 225 g/mol. The third kappa shape index (κ3) is 1.58. The number of carbonyl (C=O) groups is 2. The highest BCUT2D eigenvalue weighted by molar-refractivity contribution is 6.08. The molecule has 1 aromatic carbocycles. The van der Waals surface area contributed by atoms with Crippen LogP contribution in [0.25, 0.3) is 0 Å². The van der Waals surface area contributed by atoms with Gasteiger partial charge in [-0.05, 0) is 24.6 Å². The standard InChI is InChI=1S/C11H9F2NO2/c1-11(5-9(15)14-10(11)16)6-2-7(12)4-8(13)3-6/h2-4H,5H2,1H3,(H,14,15,16). The number of imide groups is 1. The van der Waals surface area contributed by atoms with Crippen molar-refractivity contribution in [3.63, 3.8) is 0 Å². The number of carbonyl (C=O) groups excluding carboxylic acids is 2. The molecule has 2 rings (SSSR count). The summed E-state index contributed by atoms with van der Waals surface area (Å²) in [6, 6.07) is 2.87. The summed E-state index contributed by atoms with van der Waals surface area (Å²) in [5.74, 6) is -2.48. The van der Waals surface area contributed by atoms with Gasteiger partial charge in [0, 0.05) is 12.5 Å². The van der Waals surface area contributed by atoms with E-state index in [1.807, 2.05) is 0 Å². The first-order valence-electron chi connectivity index (χ1n) is 4.73. The molecule has 84 valence electrons. The van der Waals surface area contributed by atoms with Crippen molar-refractivity contribution in [1.29, 1.82) is 0 Å². The van der Waals surface area contributed by atoms with Gasteiger partial charge in [-0.1, -0.05) is 0 Å². The van der Waals surface area contributed by atoms with Gasteiger partial charge in [0.25, 0.3) is 0 Å². The van der Waals surface area contributed by atoms with E-state index in [-0.39, 0.29) is 12.0 Å². The first-order valence-corrected chi connectivity index (χ1v) is 4.73. The molecule has 0 aliphatic carbocycles. The quantitative estimate of drug-likeness (QED) is 0.731. The van der Waals surface area contributed by atoms with Crippen LogP contribution < -0.4 is 5.32 Å². The van der Waals surface area contributed by atoms with Crippen LogP contribution in [0.1, 0.15) is 18.9 Å². The Hall–Kier alpha value is -1.78. The Morgan fingerprint density at radius 3 is 2.19 bits per heavy atom. The third-order valence-electron chi connectivity index (χ3n) is 2.77. The average Bonchev–Trinajstić information content (AvgIpc) is 2.40. The van der Waals surface area contributed by atoms with E-state index in [9.17, 15) is 18.4 Å². The highest BCUT2D eigenvalue weighted by atomic mass is 19.1. The second-order valence-corrected chi connectivity index (χ2v) is 4.04. The molecule has 1 fully saturated rings. The summed E-state index contributed by atoms with van der Waals surface area (Å²) in [6.45, 7) is 1.49. The van der Waals surface area contributed by atoms with Crippen LogP contribution in [0.2, 0.25) is 0 Å². The molecule has 1 aromatic rings. The van der Waals surface area contributed by atoms with Crippen molar-refractivity contribution in [2.24, 2.45) is 0 Å². The fourth-order valence-corrected chi connectivity index (χ4v) is 1.82. The van der Waals surface area contributed by atoms with Crippen LogP contribution in [0.4, 0.5) is 8.78 Å². The Labute approximate surface area is 90.5 Å². The van der Waals surface area contributed by atoms with Crippen molar-refractivity contribution in [2.45, 2.75) is 18.8 Å². The maximum absolute atomic E-state index is 13.0. The Bertz CT molecular complexity index is 467. The summed E-state index contributed by atoms with van der Waals surface area (Å²) in [4.78, 5) is 22.6. The lowest BCUT2D eigenvalue weighted by molar-refractivity contribution is -0.126. The van der Waals surface area contributed by atoms with Gasteiger partial charge in [0.15, 0.2) is 0 Å². The van der Waals surface area contributed by atoms with Crippen LogP contribution >= 0.6 is 0 Å². The highest BCUT2D eigenvalue weighted by Gasteiger charge is 2.44. The van der Waals surface area contributed by atoms with E-state index in [0.717, 1.165) is 18.2 Å². The van der Waals surface area contributed by atoms with Crippen LogP contribution in [-0.2, 0) is 15.0 Å². The first kappa shape index (κ1) is 10.7. The number of rotatable bonds is 1. The minimum atomic E-state index is -1.18. The lowest BCUT2D eigenvalue weighted by Crippen LogP contribution is -2.32. The van der Waals surface area contributed by atoms with Crippen molar-refractivity contribution in [3.05, 3.63) is 35.4 Å². The molecule has 0 saturated carbocycles. The predicted molar refractivity (Wildman–Crippen MR) is 51.5 cm³/mol. The van der Waals surface area contributed by atoms with Crippen LogP contribution in [0.3, 0.4) is 0 Å². The zero-order valence-corrected chi connectivity index (χ0v) is 8.51. The van der Waals surface area contributed by atoms with Crippen LogP contribution in [0, 0.1) is 11.6 Å². The summed E-state index contributed by atoms with van der Waals surface area (Å²) >= 11 is 0. The molecule has 0 aromatic heterocycles. The van der Waals surface area contributed by atoms with Gasteiger partial charge >= 0.3 is 0 Å². The van der Waals surface area contributed by atoms with E-state index in [1.165, 1.54) is 6.92 Å². The van der Waals surface area contributed by atoms with Crippen LogP contribution in [-0.4, -0.2) is 11.8 Å². The molecule has 0 spiro atoms. The summed E-state index contributed by atoms with van der Waals surface area (Å²) in [7, 11) is 0. The zero-order chi connectivity index (χ0) is 11.9. The SMILES string of the molecule is CC1(c2cc(F)cc(F)c2)CC(=O)NC1=O. The number of amides is 2. The van der Waals surface area contributed by atoms with E-state index in [1.54, 1.807) is 0 Å². The zero-order valence-electron chi connectivity index (χ0n) is 8.51. The maximum atomic E-state index is 13.0. The van der Waals surface area contributed by atoms with Gasteiger partial charge in [0.05, 0.1) is 5.41 Å². The van der Waals surface area contributed by atoms with Gasteiger partial charge in [0.1, 0.15) is 11.6 Å². The Morgan fingerprint density at radius 2 is 1.75 bits per heavy atom. The fourth-order valence-electron chi connectivity index (χ4n) is 1.82. The Morgan fingerprint density at radius 1 is 1.19 bits per heavy atom. The van der Waals surface area contributed by atoms with Gasteiger partial charge in [-0.3, -0.25) is 14.9 Å². The summed E-state index contributed by atoms with van der Waals surface area (Å²) in [5, 5.41) is 2.12. The number of halogens is 2. The van der Waals surface area contributed by atoms with Gasteiger partial charge in [0.2, 0.25) is 11.8 Å². The van der Waals surface area contributed by atoms with Crippen molar-refractivity contribution in [3.8, 4) is 0 Å². The molecule has 1 saturated heterocycles. The monoisotopic (exact) mass is 225 g/mol. The molecule has 1 N–H and O–H groups in total. The molecule has 1 aliphatic heterocycles. The number of hydrogen-bond acceptors (Lipinski definition) is 2. The van der Waals surface area contributed by atoms with Gasteiger partial charge in [-0.25, -0.2) is 8.78 Å². The van der Waals surface area contributed by atoms with Gasteiger partial charge < -0.3 is 0 Å². The lowest BCUT2D eigenvalue weighted by Gasteiger charge is -2.19. The molecule has 1 unspecified atom stereocenters. The molecule has 3 nitrogen and oxygen atoms in total. The molecular weight excluding hydrogens is 216 g/mol. The van der Waals surface area contributed by atoms with Crippen LogP contribution in [0.15, 0.2) is 18.2 Å². The maximum Gasteiger partial charge on any atom is 0.237 e. The normalized spacial score (nSPS) is 24.7. The number of benzene rings is 1. The molecular formula is C11H9F2NO2. The molecule has 1 aliphatic rings. The summed E-state index contributed by atoms with van der Waals surface area (Å²) < 4.78 is 26.0. The summed E-state index contributed by atoms with van der Waals surface area (Å²) in [6.07, 6.45) is -0.0886. The minimum absolute atomic E-state index is 0.0886. The Kier molecular flexibility index (Phi) is 2.26. The minimum Gasteiger partial charge on any atom is -0.296 e. The fraction of sp³-hybridized carbons (Fsp3) is 0.273. The van der Waals surface area contributed by atoms with E-state index in [4.69, 9.17) is 0 Å². The second kappa shape index (κ2) is 3.37. The summed E-state index contributed by atoms with van der Waals surface area (Å²) in [5.41, 5.74) is -1.01. The van der Waals surface area contributed by atoms with Crippen molar-refractivity contribution in [1.82, 2.24) is 5.32 Å². The van der Waals surface area contributed by atoms with Gasteiger partial charge in [-0.2, -0.15) is 0 Å². The first-order chi connectivity index (χ1) is 7.41.